The van der Waals surface area contributed by atoms with Gasteiger partial charge in [-0.3, -0.25) is 0 Å². The van der Waals surface area contributed by atoms with Crippen molar-refractivity contribution in [2.45, 2.75) is 9.79 Å². The number of benzene rings is 3. The molecule has 3 rings (SSSR count). The van der Waals surface area contributed by atoms with Gasteiger partial charge in [0.05, 0.1) is 0 Å². The third-order valence-corrected chi connectivity index (χ3v) is 2.96. The number of hydrogen-bond donors (Lipinski definition) is 4. The minimum Gasteiger partial charge on any atom is -0.399 e. The van der Waals surface area contributed by atoms with Crippen LogP contribution in [0.2, 0.25) is 0 Å². The van der Waals surface area contributed by atoms with Crippen LogP contribution in [0.15, 0.2) is 94.7 Å². The van der Waals surface area contributed by atoms with Gasteiger partial charge in [-0.25, -0.2) is 0 Å². The van der Waals surface area contributed by atoms with E-state index in [0.29, 0.717) is 0 Å². The summed E-state index contributed by atoms with van der Waals surface area (Å²) in [6.07, 6.45) is 0. The lowest BCUT2D eigenvalue weighted by atomic mass is 10.3. The van der Waals surface area contributed by atoms with Gasteiger partial charge in [-0.1, -0.05) is 48.5 Å². The number of anilines is 2. The van der Waals surface area contributed by atoms with Crippen molar-refractivity contribution in [3.8, 4) is 0 Å². The molecular formula is C18H20N2S2. The van der Waals surface area contributed by atoms with Crippen LogP contribution in [-0.4, -0.2) is 0 Å². The second-order valence-corrected chi connectivity index (χ2v) is 5.38. The van der Waals surface area contributed by atoms with Crippen LogP contribution in [0.1, 0.15) is 0 Å². The minimum absolute atomic E-state index is 0.762. The molecular weight excluding hydrogens is 308 g/mol. The van der Waals surface area contributed by atoms with Gasteiger partial charge in [-0.15, -0.1) is 25.3 Å². The van der Waals surface area contributed by atoms with E-state index in [1.807, 2.05) is 84.9 Å². The van der Waals surface area contributed by atoms with Gasteiger partial charge in [0.15, 0.2) is 0 Å². The molecule has 0 saturated carbocycles. The first-order valence-electron chi connectivity index (χ1n) is 6.67. The Kier molecular flexibility index (Phi) is 8.72. The van der Waals surface area contributed by atoms with Crippen LogP contribution in [-0.2, 0) is 0 Å². The monoisotopic (exact) mass is 328 g/mol. The molecule has 0 aliphatic carbocycles. The Labute approximate surface area is 143 Å². The van der Waals surface area contributed by atoms with Crippen LogP contribution in [0.4, 0.5) is 11.4 Å². The molecule has 0 atom stereocenters. The maximum Gasteiger partial charge on any atom is 0.0325 e. The molecule has 0 spiro atoms. The first-order valence-corrected chi connectivity index (χ1v) is 7.56. The predicted molar refractivity (Wildman–Crippen MR) is 103 cm³/mol. The first-order chi connectivity index (χ1) is 10.6. The highest BCUT2D eigenvalue weighted by Crippen LogP contribution is 2.09. The first kappa shape index (κ1) is 18.0. The molecule has 114 valence electrons. The molecule has 0 aliphatic rings. The molecule has 0 unspecified atom stereocenters. The average molecular weight is 329 g/mol. The number of nitrogen functional groups attached to an aromatic ring is 2. The second kappa shape index (κ2) is 10.7. The SMILES string of the molecule is Nc1cccc(S)c1.Nc1cccc(S)c1.c1ccccc1. The van der Waals surface area contributed by atoms with Crippen molar-refractivity contribution in [3.05, 3.63) is 84.9 Å². The zero-order valence-corrected chi connectivity index (χ0v) is 13.9. The molecule has 4 N–H and O–H groups in total. The van der Waals surface area contributed by atoms with E-state index >= 15 is 0 Å². The van der Waals surface area contributed by atoms with Crippen LogP contribution < -0.4 is 11.5 Å². The summed E-state index contributed by atoms with van der Waals surface area (Å²) in [5.41, 5.74) is 12.3. The Balaban J connectivity index is 0.000000167. The van der Waals surface area contributed by atoms with E-state index in [9.17, 15) is 0 Å². The lowest BCUT2D eigenvalue weighted by molar-refractivity contribution is 1.48. The normalized spacial score (nSPS) is 8.82. The predicted octanol–water partition coefficient (Wildman–Crippen LogP) is 4.80. The zero-order valence-electron chi connectivity index (χ0n) is 12.1. The fourth-order valence-electron chi connectivity index (χ4n) is 1.43. The number of hydrogen-bond acceptors (Lipinski definition) is 4. The van der Waals surface area contributed by atoms with Gasteiger partial charge in [0.25, 0.3) is 0 Å². The fraction of sp³-hybridized carbons (Fsp3) is 0. The lowest BCUT2D eigenvalue weighted by Gasteiger charge is -1.90. The largest absolute Gasteiger partial charge is 0.399 e. The van der Waals surface area contributed by atoms with E-state index in [-0.39, 0.29) is 0 Å². The fourth-order valence-corrected chi connectivity index (χ4v) is 1.90. The quantitative estimate of drug-likeness (QED) is 0.354. The van der Waals surface area contributed by atoms with Gasteiger partial charge in [0.1, 0.15) is 0 Å². The van der Waals surface area contributed by atoms with E-state index in [2.05, 4.69) is 25.3 Å². The van der Waals surface area contributed by atoms with Crippen molar-refractivity contribution >= 4 is 36.6 Å². The van der Waals surface area contributed by atoms with Crippen molar-refractivity contribution in [3.63, 3.8) is 0 Å². The molecule has 3 aromatic rings. The van der Waals surface area contributed by atoms with E-state index < -0.39 is 0 Å². The van der Waals surface area contributed by atoms with Crippen LogP contribution >= 0.6 is 25.3 Å². The van der Waals surface area contributed by atoms with Crippen molar-refractivity contribution in [2.75, 3.05) is 11.5 Å². The van der Waals surface area contributed by atoms with Gasteiger partial charge >= 0.3 is 0 Å². The summed E-state index contributed by atoms with van der Waals surface area (Å²) in [6.45, 7) is 0. The van der Waals surface area contributed by atoms with Crippen LogP contribution in [0.25, 0.3) is 0 Å². The average Bonchev–Trinajstić information content (AvgIpc) is 2.50. The molecule has 0 aliphatic heterocycles. The van der Waals surface area contributed by atoms with Gasteiger partial charge in [-0.05, 0) is 36.4 Å². The Morgan fingerprint density at radius 3 is 1.00 bits per heavy atom. The summed E-state index contributed by atoms with van der Waals surface area (Å²) < 4.78 is 0. The summed E-state index contributed by atoms with van der Waals surface area (Å²) in [4.78, 5) is 1.81. The molecule has 0 amide bonds. The van der Waals surface area contributed by atoms with Crippen LogP contribution in [0.3, 0.4) is 0 Å². The third-order valence-electron chi connectivity index (χ3n) is 2.41. The van der Waals surface area contributed by atoms with Gasteiger partial charge in [0.2, 0.25) is 0 Å². The standard InChI is InChI=1S/2C6H7NS.C6H6/c2*7-5-2-1-3-6(8)4-5;1-2-4-6-5-3-1/h2*1-4,8H,7H2;1-6H. The Morgan fingerprint density at radius 1 is 0.500 bits per heavy atom. The summed E-state index contributed by atoms with van der Waals surface area (Å²) in [7, 11) is 0. The zero-order chi connectivity index (χ0) is 16.2. The van der Waals surface area contributed by atoms with E-state index in [4.69, 9.17) is 11.5 Å². The molecule has 22 heavy (non-hydrogen) atoms. The van der Waals surface area contributed by atoms with Crippen LogP contribution in [0.5, 0.6) is 0 Å². The Morgan fingerprint density at radius 2 is 0.818 bits per heavy atom. The Bertz CT molecular complexity index is 553. The summed E-state index contributed by atoms with van der Waals surface area (Å²) >= 11 is 8.15. The molecule has 0 saturated heterocycles. The van der Waals surface area contributed by atoms with Gasteiger partial charge < -0.3 is 11.5 Å². The number of rotatable bonds is 0. The molecule has 0 radical (unpaired) electrons. The van der Waals surface area contributed by atoms with Crippen molar-refractivity contribution < 1.29 is 0 Å². The highest BCUT2D eigenvalue weighted by molar-refractivity contribution is 7.80. The molecule has 0 heterocycles. The van der Waals surface area contributed by atoms with Crippen molar-refractivity contribution in [1.82, 2.24) is 0 Å². The molecule has 0 bridgehead atoms. The number of thiol groups is 2. The maximum absolute atomic E-state index is 5.41. The molecule has 0 fully saturated rings. The smallest absolute Gasteiger partial charge is 0.0325 e. The van der Waals surface area contributed by atoms with E-state index in [1.165, 1.54) is 0 Å². The molecule has 0 aromatic heterocycles. The topological polar surface area (TPSA) is 52.0 Å². The van der Waals surface area contributed by atoms with Crippen molar-refractivity contribution in [2.24, 2.45) is 0 Å². The van der Waals surface area contributed by atoms with Crippen molar-refractivity contribution in [1.29, 1.82) is 0 Å². The van der Waals surface area contributed by atoms with Gasteiger partial charge in [0, 0.05) is 21.2 Å². The summed E-state index contributed by atoms with van der Waals surface area (Å²) in [6, 6.07) is 26.8. The maximum atomic E-state index is 5.41. The lowest BCUT2D eigenvalue weighted by Crippen LogP contribution is -1.81. The third kappa shape index (κ3) is 9.00. The van der Waals surface area contributed by atoms with E-state index in [1.54, 1.807) is 0 Å². The molecule has 3 aromatic carbocycles. The minimum atomic E-state index is 0.762. The Hall–Kier alpha value is -2.04. The van der Waals surface area contributed by atoms with Crippen LogP contribution in [0, 0.1) is 0 Å². The molecule has 4 heteroatoms. The highest BCUT2D eigenvalue weighted by Gasteiger charge is 1.82. The number of nitrogens with two attached hydrogens (primary N) is 2. The highest BCUT2D eigenvalue weighted by atomic mass is 32.1. The summed E-state index contributed by atoms with van der Waals surface area (Å²) in [5.74, 6) is 0. The van der Waals surface area contributed by atoms with E-state index in [0.717, 1.165) is 21.2 Å². The second-order valence-electron chi connectivity index (χ2n) is 4.34. The molecule has 2 nitrogen and oxygen atoms in total. The summed E-state index contributed by atoms with van der Waals surface area (Å²) in [5, 5.41) is 0. The van der Waals surface area contributed by atoms with Gasteiger partial charge in [-0.2, -0.15) is 0 Å².